The molecule has 0 aliphatic carbocycles. The molecular weight excluding hydrogens is 783 g/mol. The van der Waals surface area contributed by atoms with Crippen LogP contribution in [-0.2, 0) is 4.79 Å². The van der Waals surface area contributed by atoms with Crippen molar-refractivity contribution in [3.63, 3.8) is 0 Å². The van der Waals surface area contributed by atoms with E-state index in [-0.39, 0.29) is 12.5 Å². The van der Waals surface area contributed by atoms with Crippen molar-refractivity contribution in [3.8, 4) is 0 Å². The maximum Gasteiger partial charge on any atom is 0.220 e. The van der Waals surface area contributed by atoms with Crippen LogP contribution in [0.1, 0.15) is 348 Å². The Morgan fingerprint density at radius 3 is 0.859 bits per heavy atom. The number of carbonyl (C=O) groups is 1. The second-order valence-corrected chi connectivity index (χ2v) is 20.8. The molecule has 64 heavy (non-hydrogen) atoms. The number of hydrogen-bond donors (Lipinski definition) is 3. The summed E-state index contributed by atoms with van der Waals surface area (Å²) in [5, 5.41) is 23.3. The summed E-state index contributed by atoms with van der Waals surface area (Å²) < 4.78 is 0. The van der Waals surface area contributed by atoms with Crippen LogP contribution in [0.4, 0.5) is 0 Å². The van der Waals surface area contributed by atoms with E-state index in [9.17, 15) is 15.0 Å². The largest absolute Gasteiger partial charge is 0.394 e. The second kappa shape index (κ2) is 56.5. The molecule has 1 amide bonds. The van der Waals surface area contributed by atoms with Crippen molar-refractivity contribution in [2.24, 2.45) is 0 Å². The Bertz CT molecular complexity index is 890. The third-order valence-electron chi connectivity index (χ3n) is 14.3. The summed E-state index contributed by atoms with van der Waals surface area (Å²) >= 11 is 0. The zero-order valence-corrected chi connectivity index (χ0v) is 44.1. The number of carbonyl (C=O) groups excluding carboxylic acids is 1. The quantitative estimate of drug-likeness (QED) is 0.0421. The van der Waals surface area contributed by atoms with Gasteiger partial charge >= 0.3 is 0 Å². The normalized spacial score (nSPS) is 12.8. The Balaban J connectivity index is 3.37. The van der Waals surface area contributed by atoms with Crippen LogP contribution >= 0.6 is 0 Å². The van der Waals surface area contributed by atoms with E-state index in [1.807, 2.05) is 0 Å². The van der Waals surface area contributed by atoms with Crippen molar-refractivity contribution in [2.45, 2.75) is 360 Å². The van der Waals surface area contributed by atoms with E-state index >= 15 is 0 Å². The third-order valence-corrected chi connectivity index (χ3v) is 14.3. The molecular formula is C60H119NO3. The van der Waals surface area contributed by atoms with Gasteiger partial charge in [-0.05, 0) is 38.5 Å². The molecule has 4 heteroatoms. The Kier molecular flexibility index (Phi) is 55.7. The van der Waals surface area contributed by atoms with Gasteiger partial charge in [0.05, 0.1) is 18.8 Å². The Morgan fingerprint density at radius 2 is 0.594 bits per heavy atom. The molecule has 4 nitrogen and oxygen atoms in total. The lowest BCUT2D eigenvalue weighted by molar-refractivity contribution is -0.123. The van der Waals surface area contributed by atoms with Gasteiger partial charge in [0.15, 0.2) is 0 Å². The van der Waals surface area contributed by atoms with Crippen molar-refractivity contribution in [3.05, 3.63) is 12.2 Å². The number of aliphatic hydroxyl groups is 2. The Morgan fingerprint density at radius 1 is 0.359 bits per heavy atom. The van der Waals surface area contributed by atoms with Gasteiger partial charge in [0.1, 0.15) is 0 Å². The summed E-state index contributed by atoms with van der Waals surface area (Å²) in [6, 6.07) is -0.533. The smallest absolute Gasteiger partial charge is 0.220 e. The van der Waals surface area contributed by atoms with Gasteiger partial charge in [-0.2, -0.15) is 0 Å². The molecule has 0 fully saturated rings. The van der Waals surface area contributed by atoms with Gasteiger partial charge in [0, 0.05) is 6.42 Å². The lowest BCUT2D eigenvalue weighted by atomic mass is 10.0. The first kappa shape index (κ1) is 63.1. The molecule has 0 saturated carbocycles. The average Bonchev–Trinajstić information content (AvgIpc) is 3.30. The minimum atomic E-state index is -0.656. The highest BCUT2D eigenvalue weighted by atomic mass is 16.3. The minimum absolute atomic E-state index is 0.0239. The fourth-order valence-electron chi connectivity index (χ4n) is 9.71. The highest BCUT2D eigenvalue weighted by Crippen LogP contribution is 2.18. The van der Waals surface area contributed by atoms with Gasteiger partial charge in [0.2, 0.25) is 5.91 Å². The van der Waals surface area contributed by atoms with Crippen LogP contribution in [0, 0.1) is 0 Å². The van der Waals surface area contributed by atoms with Crippen molar-refractivity contribution in [2.75, 3.05) is 6.61 Å². The van der Waals surface area contributed by atoms with E-state index in [0.29, 0.717) is 12.8 Å². The van der Waals surface area contributed by atoms with Crippen LogP contribution in [-0.4, -0.2) is 34.9 Å². The molecule has 0 aromatic rings. The summed E-state index contributed by atoms with van der Waals surface area (Å²) in [5.74, 6) is -0.0239. The molecule has 0 aliphatic heterocycles. The lowest BCUT2D eigenvalue weighted by Gasteiger charge is -2.22. The van der Waals surface area contributed by atoms with Crippen molar-refractivity contribution < 1.29 is 15.0 Å². The summed E-state index contributed by atoms with van der Waals surface area (Å²) in [6.45, 7) is 4.40. The maximum atomic E-state index is 12.5. The molecule has 0 rings (SSSR count). The molecule has 0 heterocycles. The predicted molar refractivity (Wildman–Crippen MR) is 286 cm³/mol. The molecule has 0 radical (unpaired) electrons. The molecule has 2 unspecified atom stereocenters. The lowest BCUT2D eigenvalue weighted by Crippen LogP contribution is -2.45. The van der Waals surface area contributed by atoms with Gasteiger partial charge in [0.25, 0.3) is 0 Å². The first-order valence-corrected chi connectivity index (χ1v) is 29.9. The van der Waals surface area contributed by atoms with Crippen molar-refractivity contribution in [1.29, 1.82) is 0 Å². The van der Waals surface area contributed by atoms with E-state index in [4.69, 9.17) is 0 Å². The van der Waals surface area contributed by atoms with E-state index in [0.717, 1.165) is 25.7 Å². The fraction of sp³-hybridized carbons (Fsp3) is 0.950. The molecule has 3 N–H and O–H groups in total. The van der Waals surface area contributed by atoms with Gasteiger partial charge in [-0.15, -0.1) is 0 Å². The third kappa shape index (κ3) is 52.1. The van der Waals surface area contributed by atoms with Crippen LogP contribution in [0.15, 0.2) is 12.2 Å². The van der Waals surface area contributed by atoms with Crippen molar-refractivity contribution in [1.82, 2.24) is 5.32 Å². The predicted octanol–water partition coefficient (Wildman–Crippen LogP) is 19.7. The fourth-order valence-corrected chi connectivity index (χ4v) is 9.71. The summed E-state index contributed by atoms with van der Waals surface area (Å²) in [4.78, 5) is 12.5. The van der Waals surface area contributed by atoms with Gasteiger partial charge in [-0.3, -0.25) is 4.79 Å². The molecule has 0 aromatic carbocycles. The zero-order valence-electron chi connectivity index (χ0n) is 44.1. The zero-order chi connectivity index (χ0) is 46.3. The number of nitrogens with one attached hydrogen (secondary N) is 1. The van der Waals surface area contributed by atoms with Crippen LogP contribution in [0.2, 0.25) is 0 Å². The van der Waals surface area contributed by atoms with Crippen LogP contribution < -0.4 is 5.32 Å². The van der Waals surface area contributed by atoms with Crippen LogP contribution in [0.3, 0.4) is 0 Å². The first-order valence-electron chi connectivity index (χ1n) is 29.9. The summed E-state index contributed by atoms with van der Waals surface area (Å²) in [5.41, 5.74) is 0. The molecule has 2 atom stereocenters. The minimum Gasteiger partial charge on any atom is -0.394 e. The number of allylic oxidation sites excluding steroid dienone is 2. The van der Waals surface area contributed by atoms with E-state index < -0.39 is 12.1 Å². The number of hydrogen-bond acceptors (Lipinski definition) is 3. The van der Waals surface area contributed by atoms with Crippen LogP contribution in [0.25, 0.3) is 0 Å². The molecule has 0 bridgehead atoms. The first-order chi connectivity index (χ1) is 31.7. The molecule has 0 saturated heterocycles. The van der Waals surface area contributed by atoms with Gasteiger partial charge in [-0.25, -0.2) is 0 Å². The number of rotatable bonds is 56. The highest BCUT2D eigenvalue weighted by molar-refractivity contribution is 5.76. The number of amides is 1. The van der Waals surface area contributed by atoms with E-state index in [2.05, 4.69) is 31.3 Å². The maximum absolute atomic E-state index is 12.5. The average molecular weight is 903 g/mol. The topological polar surface area (TPSA) is 69.6 Å². The Labute approximate surface area is 403 Å². The van der Waals surface area contributed by atoms with Crippen LogP contribution in [0.5, 0.6) is 0 Å². The van der Waals surface area contributed by atoms with E-state index in [1.165, 1.54) is 295 Å². The van der Waals surface area contributed by atoms with Crippen molar-refractivity contribution >= 4 is 5.91 Å². The molecule has 0 aliphatic rings. The standard InChI is InChI=1S/C60H119NO3/c1-3-5-7-9-11-13-15-17-19-21-22-23-24-25-26-27-28-29-30-31-32-33-34-35-36-37-38-40-42-44-46-48-50-52-54-56-60(64)61-58(57-62)59(63)55-53-51-49-47-45-43-41-39-20-18-16-14-12-10-8-6-4-2/h27-28,58-59,62-63H,3-26,29-57H2,1-2H3,(H,61,64)/b28-27-. The monoisotopic (exact) mass is 902 g/mol. The number of aliphatic hydroxyl groups excluding tert-OH is 2. The Hall–Kier alpha value is -0.870. The molecule has 382 valence electrons. The van der Waals surface area contributed by atoms with Gasteiger partial charge in [-0.1, -0.05) is 315 Å². The van der Waals surface area contributed by atoms with E-state index in [1.54, 1.807) is 0 Å². The number of unbranched alkanes of at least 4 members (excludes halogenated alkanes) is 47. The summed E-state index contributed by atoms with van der Waals surface area (Å²) in [7, 11) is 0. The highest BCUT2D eigenvalue weighted by Gasteiger charge is 2.20. The SMILES string of the molecule is CCCCCCCCCCCCCCCC/C=C\CCCCCCCCCCCCCCCCCCCC(=O)NC(CO)C(O)CCCCCCCCCCCCCCCCCCC. The second-order valence-electron chi connectivity index (χ2n) is 20.8. The summed E-state index contributed by atoms with van der Waals surface area (Å²) in [6.07, 6.45) is 73.7. The molecule has 0 aromatic heterocycles. The van der Waals surface area contributed by atoms with Gasteiger partial charge < -0.3 is 15.5 Å². The molecule has 0 spiro atoms.